The van der Waals surface area contributed by atoms with E-state index in [0.717, 1.165) is 18.8 Å². The lowest BCUT2D eigenvalue weighted by molar-refractivity contribution is 0.302. The van der Waals surface area contributed by atoms with Gasteiger partial charge in [0.15, 0.2) is 0 Å². The molecule has 108 valence electrons. The fraction of sp³-hybridized carbons (Fsp3) is 0.647. The lowest BCUT2D eigenvalue weighted by Gasteiger charge is -2.25. The number of rotatable bonds is 9. The molecule has 0 spiro atoms. The van der Waals surface area contributed by atoms with Crippen molar-refractivity contribution in [3.05, 3.63) is 29.8 Å². The van der Waals surface area contributed by atoms with Gasteiger partial charge < -0.3 is 10.1 Å². The molecule has 0 aliphatic heterocycles. The van der Waals surface area contributed by atoms with E-state index in [1.54, 1.807) is 7.11 Å². The molecule has 0 aliphatic rings. The number of benzene rings is 1. The standard InChI is InChI=1S/C17H29NO/c1-5-6-7-11-17(2,3)14-18-13-15-9-8-10-16(12-15)19-4/h8-10,12,18H,5-7,11,13-14H2,1-4H3. The van der Waals surface area contributed by atoms with Gasteiger partial charge in [0.05, 0.1) is 7.11 Å². The Kier molecular flexibility index (Phi) is 6.93. The van der Waals surface area contributed by atoms with Crippen molar-refractivity contribution in [2.75, 3.05) is 13.7 Å². The molecule has 0 unspecified atom stereocenters. The summed E-state index contributed by atoms with van der Waals surface area (Å²) in [5, 5.41) is 3.56. The molecule has 0 bridgehead atoms. The molecule has 1 aromatic carbocycles. The second-order valence-corrected chi connectivity index (χ2v) is 6.08. The highest BCUT2D eigenvalue weighted by atomic mass is 16.5. The lowest BCUT2D eigenvalue weighted by atomic mass is 9.87. The summed E-state index contributed by atoms with van der Waals surface area (Å²) in [5.41, 5.74) is 1.66. The maximum absolute atomic E-state index is 5.24. The Hall–Kier alpha value is -1.02. The first-order chi connectivity index (χ1) is 9.07. The topological polar surface area (TPSA) is 21.3 Å². The van der Waals surface area contributed by atoms with Gasteiger partial charge in [0.1, 0.15) is 5.75 Å². The van der Waals surface area contributed by atoms with E-state index in [9.17, 15) is 0 Å². The molecular formula is C17H29NO. The smallest absolute Gasteiger partial charge is 0.119 e. The van der Waals surface area contributed by atoms with Crippen LogP contribution in [0.3, 0.4) is 0 Å². The lowest BCUT2D eigenvalue weighted by Crippen LogP contribution is -2.29. The second kappa shape index (κ2) is 8.21. The van der Waals surface area contributed by atoms with Crippen molar-refractivity contribution in [2.45, 2.75) is 53.0 Å². The van der Waals surface area contributed by atoms with Crippen LogP contribution in [0.15, 0.2) is 24.3 Å². The van der Waals surface area contributed by atoms with Gasteiger partial charge in [-0.1, -0.05) is 52.2 Å². The summed E-state index contributed by atoms with van der Waals surface area (Å²) in [5.74, 6) is 0.932. The average molecular weight is 263 g/mol. The largest absolute Gasteiger partial charge is 0.497 e. The maximum atomic E-state index is 5.24. The minimum absolute atomic E-state index is 0.383. The summed E-state index contributed by atoms with van der Waals surface area (Å²) in [4.78, 5) is 0. The van der Waals surface area contributed by atoms with E-state index in [4.69, 9.17) is 4.74 Å². The van der Waals surface area contributed by atoms with Crippen molar-refractivity contribution in [3.63, 3.8) is 0 Å². The molecule has 0 aromatic heterocycles. The minimum Gasteiger partial charge on any atom is -0.497 e. The Labute approximate surface area is 118 Å². The predicted octanol–water partition coefficient (Wildman–Crippen LogP) is 4.39. The van der Waals surface area contributed by atoms with Crippen LogP contribution in [0, 0.1) is 5.41 Å². The number of unbranched alkanes of at least 4 members (excludes halogenated alkanes) is 2. The molecule has 0 aliphatic carbocycles. The SMILES string of the molecule is CCCCCC(C)(C)CNCc1cccc(OC)c1. The van der Waals surface area contributed by atoms with Crippen LogP contribution >= 0.6 is 0 Å². The highest BCUT2D eigenvalue weighted by Gasteiger charge is 2.16. The van der Waals surface area contributed by atoms with E-state index in [-0.39, 0.29) is 0 Å². The molecule has 19 heavy (non-hydrogen) atoms. The van der Waals surface area contributed by atoms with Crippen LogP contribution in [0.1, 0.15) is 52.0 Å². The van der Waals surface area contributed by atoms with E-state index in [1.807, 2.05) is 12.1 Å². The Bertz CT molecular complexity index is 360. The zero-order chi connectivity index (χ0) is 14.1. The van der Waals surface area contributed by atoms with E-state index in [2.05, 4.69) is 38.2 Å². The van der Waals surface area contributed by atoms with E-state index >= 15 is 0 Å². The van der Waals surface area contributed by atoms with Crippen LogP contribution in [0.25, 0.3) is 0 Å². The fourth-order valence-corrected chi connectivity index (χ4v) is 2.27. The van der Waals surface area contributed by atoms with Crippen LogP contribution < -0.4 is 10.1 Å². The summed E-state index contributed by atoms with van der Waals surface area (Å²) in [7, 11) is 1.71. The van der Waals surface area contributed by atoms with Gasteiger partial charge in [-0.25, -0.2) is 0 Å². The molecule has 0 saturated carbocycles. The van der Waals surface area contributed by atoms with Crippen molar-refractivity contribution in [3.8, 4) is 5.75 Å². The second-order valence-electron chi connectivity index (χ2n) is 6.08. The van der Waals surface area contributed by atoms with E-state index in [1.165, 1.54) is 31.2 Å². The van der Waals surface area contributed by atoms with Crippen molar-refractivity contribution >= 4 is 0 Å². The highest BCUT2D eigenvalue weighted by molar-refractivity contribution is 5.28. The predicted molar refractivity (Wildman–Crippen MR) is 82.6 cm³/mol. The van der Waals surface area contributed by atoms with Gasteiger partial charge >= 0.3 is 0 Å². The molecule has 1 aromatic rings. The number of hydrogen-bond donors (Lipinski definition) is 1. The molecule has 0 heterocycles. The molecular weight excluding hydrogens is 234 g/mol. The molecule has 0 atom stereocenters. The third-order valence-electron chi connectivity index (χ3n) is 3.52. The Morgan fingerprint density at radius 3 is 2.68 bits per heavy atom. The summed E-state index contributed by atoms with van der Waals surface area (Å²) in [6, 6.07) is 8.26. The quantitative estimate of drug-likeness (QED) is 0.667. The Morgan fingerprint density at radius 2 is 2.00 bits per heavy atom. The first-order valence-corrected chi connectivity index (χ1v) is 7.41. The average Bonchev–Trinajstić information content (AvgIpc) is 2.39. The first-order valence-electron chi connectivity index (χ1n) is 7.41. The third-order valence-corrected chi connectivity index (χ3v) is 3.52. The molecule has 0 saturated heterocycles. The number of hydrogen-bond acceptors (Lipinski definition) is 2. The highest BCUT2D eigenvalue weighted by Crippen LogP contribution is 2.23. The van der Waals surface area contributed by atoms with Crippen molar-refractivity contribution < 1.29 is 4.74 Å². The van der Waals surface area contributed by atoms with Gasteiger partial charge in [0.2, 0.25) is 0 Å². The normalized spacial score (nSPS) is 11.6. The molecule has 0 radical (unpaired) electrons. The first kappa shape index (κ1) is 16.0. The zero-order valence-electron chi connectivity index (χ0n) is 13.0. The number of ether oxygens (including phenoxy) is 1. The summed E-state index contributed by atoms with van der Waals surface area (Å²) in [6.07, 6.45) is 5.28. The maximum Gasteiger partial charge on any atom is 0.119 e. The van der Waals surface area contributed by atoms with Crippen molar-refractivity contribution in [1.82, 2.24) is 5.32 Å². The van der Waals surface area contributed by atoms with Gasteiger partial charge in [-0.3, -0.25) is 0 Å². The Balaban J connectivity index is 2.32. The van der Waals surface area contributed by atoms with Crippen LogP contribution in [0.5, 0.6) is 5.75 Å². The van der Waals surface area contributed by atoms with Crippen molar-refractivity contribution in [1.29, 1.82) is 0 Å². The zero-order valence-corrected chi connectivity index (χ0v) is 13.0. The number of methoxy groups -OCH3 is 1. The molecule has 2 nitrogen and oxygen atoms in total. The molecule has 2 heteroatoms. The van der Waals surface area contributed by atoms with Crippen LogP contribution in [0.4, 0.5) is 0 Å². The van der Waals surface area contributed by atoms with Crippen molar-refractivity contribution in [2.24, 2.45) is 5.41 Å². The molecule has 0 fully saturated rings. The molecule has 1 rings (SSSR count). The van der Waals surface area contributed by atoms with Gasteiger partial charge in [-0.2, -0.15) is 0 Å². The number of nitrogens with one attached hydrogen (secondary N) is 1. The summed E-state index contributed by atoms with van der Waals surface area (Å²) < 4.78 is 5.24. The van der Waals surface area contributed by atoms with Gasteiger partial charge in [-0.05, 0) is 29.5 Å². The van der Waals surface area contributed by atoms with Crippen LogP contribution in [0.2, 0.25) is 0 Å². The minimum atomic E-state index is 0.383. The molecule has 0 amide bonds. The van der Waals surface area contributed by atoms with Gasteiger partial charge in [0.25, 0.3) is 0 Å². The van der Waals surface area contributed by atoms with Gasteiger partial charge in [-0.15, -0.1) is 0 Å². The third kappa shape index (κ3) is 6.63. The summed E-state index contributed by atoms with van der Waals surface area (Å²) >= 11 is 0. The van der Waals surface area contributed by atoms with Crippen LogP contribution in [-0.4, -0.2) is 13.7 Å². The van der Waals surface area contributed by atoms with Crippen LogP contribution in [-0.2, 0) is 6.54 Å². The van der Waals surface area contributed by atoms with E-state index < -0.39 is 0 Å². The monoisotopic (exact) mass is 263 g/mol. The summed E-state index contributed by atoms with van der Waals surface area (Å²) in [6.45, 7) is 8.93. The van der Waals surface area contributed by atoms with Gasteiger partial charge in [0, 0.05) is 13.1 Å². The van der Waals surface area contributed by atoms with E-state index in [0.29, 0.717) is 5.41 Å². The fourth-order valence-electron chi connectivity index (χ4n) is 2.27. The Morgan fingerprint density at radius 1 is 1.21 bits per heavy atom. The molecule has 1 N–H and O–H groups in total.